The summed E-state index contributed by atoms with van der Waals surface area (Å²) in [4.78, 5) is 9.83. The molecule has 2 aromatic heterocycles. The van der Waals surface area contributed by atoms with Crippen molar-refractivity contribution >= 4 is 28.2 Å². The molecule has 0 spiro atoms. The van der Waals surface area contributed by atoms with Crippen molar-refractivity contribution in [1.82, 2.24) is 14.9 Å². The fourth-order valence-electron chi connectivity index (χ4n) is 3.44. The van der Waals surface area contributed by atoms with Crippen LogP contribution in [-0.2, 0) is 0 Å². The summed E-state index contributed by atoms with van der Waals surface area (Å²) in [5.41, 5.74) is 3.47. The number of aliphatic hydroxyl groups excluding tert-OH is 1. The number of aromatic amines is 1. The SMILES string of the molecule is OC(COc1cccc(Cl)c1)CN1CC=C(c2c[nH]c3ncccc23)CC1. The van der Waals surface area contributed by atoms with Crippen LogP contribution in [0.5, 0.6) is 5.75 Å². The quantitative estimate of drug-likeness (QED) is 0.680. The van der Waals surface area contributed by atoms with E-state index in [2.05, 4.69) is 27.0 Å². The van der Waals surface area contributed by atoms with Gasteiger partial charge in [-0.15, -0.1) is 0 Å². The zero-order chi connectivity index (χ0) is 18.6. The van der Waals surface area contributed by atoms with Crippen molar-refractivity contribution in [2.45, 2.75) is 12.5 Å². The van der Waals surface area contributed by atoms with Crippen molar-refractivity contribution in [3.05, 3.63) is 65.5 Å². The molecule has 3 aromatic rings. The van der Waals surface area contributed by atoms with Crippen LogP contribution in [0.2, 0.25) is 5.02 Å². The van der Waals surface area contributed by atoms with Gasteiger partial charge in [-0.3, -0.25) is 4.90 Å². The lowest BCUT2D eigenvalue weighted by Crippen LogP contribution is -2.38. The maximum absolute atomic E-state index is 10.3. The highest BCUT2D eigenvalue weighted by Gasteiger charge is 2.18. The van der Waals surface area contributed by atoms with Crippen LogP contribution in [0.1, 0.15) is 12.0 Å². The minimum absolute atomic E-state index is 0.252. The van der Waals surface area contributed by atoms with Crippen LogP contribution in [0.15, 0.2) is 54.9 Å². The molecule has 0 aliphatic carbocycles. The van der Waals surface area contributed by atoms with Crippen molar-refractivity contribution < 1.29 is 9.84 Å². The number of benzene rings is 1. The molecule has 0 bridgehead atoms. The van der Waals surface area contributed by atoms with Crippen molar-refractivity contribution in [1.29, 1.82) is 0 Å². The van der Waals surface area contributed by atoms with E-state index in [9.17, 15) is 5.11 Å². The minimum Gasteiger partial charge on any atom is -0.491 e. The van der Waals surface area contributed by atoms with Gasteiger partial charge in [0.1, 0.15) is 24.1 Å². The summed E-state index contributed by atoms with van der Waals surface area (Å²) in [5, 5.41) is 12.1. The number of halogens is 1. The molecule has 0 fully saturated rings. The molecule has 0 saturated heterocycles. The fraction of sp³-hybridized carbons (Fsp3) is 0.286. The lowest BCUT2D eigenvalue weighted by Gasteiger charge is -2.28. The lowest BCUT2D eigenvalue weighted by atomic mass is 9.99. The number of pyridine rings is 1. The molecule has 3 heterocycles. The van der Waals surface area contributed by atoms with Gasteiger partial charge in [-0.1, -0.05) is 23.7 Å². The fourth-order valence-corrected chi connectivity index (χ4v) is 3.62. The van der Waals surface area contributed by atoms with E-state index in [1.807, 2.05) is 24.4 Å². The molecule has 1 aromatic carbocycles. The van der Waals surface area contributed by atoms with Crippen LogP contribution >= 0.6 is 11.6 Å². The molecule has 5 nitrogen and oxygen atoms in total. The lowest BCUT2D eigenvalue weighted by molar-refractivity contribution is 0.0717. The Labute approximate surface area is 163 Å². The standard InChI is InChI=1S/C21H22ClN3O2/c22-16-3-1-4-18(11-16)27-14-17(26)13-25-9-6-15(7-10-25)20-12-24-21-19(20)5-2-8-23-21/h1-6,8,11-12,17,26H,7,9-10,13-14H2,(H,23,24). The van der Waals surface area contributed by atoms with E-state index in [1.54, 1.807) is 18.3 Å². The largest absolute Gasteiger partial charge is 0.491 e. The smallest absolute Gasteiger partial charge is 0.137 e. The Bertz CT molecular complexity index is 953. The normalized spacial score (nSPS) is 16.3. The van der Waals surface area contributed by atoms with Gasteiger partial charge < -0.3 is 14.8 Å². The van der Waals surface area contributed by atoms with E-state index in [-0.39, 0.29) is 6.61 Å². The van der Waals surface area contributed by atoms with Crippen LogP contribution in [0.4, 0.5) is 0 Å². The third-order valence-electron chi connectivity index (χ3n) is 4.80. The number of β-amino-alcohol motifs (C(OH)–C–C–N with tert-alkyl or cyclic N) is 1. The molecule has 1 atom stereocenters. The van der Waals surface area contributed by atoms with Gasteiger partial charge in [0.25, 0.3) is 0 Å². The number of aromatic nitrogens is 2. The first kappa shape index (κ1) is 18.0. The highest BCUT2D eigenvalue weighted by atomic mass is 35.5. The number of fused-ring (bicyclic) bond motifs is 1. The summed E-state index contributed by atoms with van der Waals surface area (Å²) in [6.07, 6.45) is 6.48. The average molecular weight is 384 g/mol. The maximum Gasteiger partial charge on any atom is 0.137 e. The van der Waals surface area contributed by atoms with Crippen molar-refractivity contribution in [2.75, 3.05) is 26.2 Å². The van der Waals surface area contributed by atoms with E-state index in [1.165, 1.54) is 11.1 Å². The molecular weight excluding hydrogens is 362 g/mol. The molecule has 140 valence electrons. The topological polar surface area (TPSA) is 61.4 Å². The summed E-state index contributed by atoms with van der Waals surface area (Å²) >= 11 is 5.94. The van der Waals surface area contributed by atoms with Gasteiger partial charge in [-0.05, 0) is 42.3 Å². The Morgan fingerprint density at radius 1 is 1.30 bits per heavy atom. The Morgan fingerprint density at radius 3 is 3.04 bits per heavy atom. The van der Waals surface area contributed by atoms with Crippen molar-refractivity contribution in [2.24, 2.45) is 0 Å². The van der Waals surface area contributed by atoms with E-state index in [4.69, 9.17) is 16.3 Å². The van der Waals surface area contributed by atoms with Gasteiger partial charge in [-0.25, -0.2) is 4.98 Å². The zero-order valence-electron chi connectivity index (χ0n) is 14.9. The van der Waals surface area contributed by atoms with E-state index in [0.717, 1.165) is 30.5 Å². The molecule has 27 heavy (non-hydrogen) atoms. The molecule has 0 amide bonds. The molecule has 4 rings (SSSR count). The molecule has 1 aliphatic rings. The third kappa shape index (κ3) is 4.33. The number of aliphatic hydroxyl groups is 1. The van der Waals surface area contributed by atoms with Crippen molar-refractivity contribution in [3.8, 4) is 5.75 Å². The third-order valence-corrected chi connectivity index (χ3v) is 5.03. The van der Waals surface area contributed by atoms with E-state index >= 15 is 0 Å². The predicted molar refractivity (Wildman–Crippen MR) is 108 cm³/mol. The second-order valence-corrected chi connectivity index (χ2v) is 7.20. The molecule has 0 radical (unpaired) electrons. The van der Waals surface area contributed by atoms with Gasteiger partial charge in [0.2, 0.25) is 0 Å². The van der Waals surface area contributed by atoms with Gasteiger partial charge in [0, 0.05) is 48.0 Å². The van der Waals surface area contributed by atoms with Crippen LogP contribution in [0.25, 0.3) is 16.6 Å². The van der Waals surface area contributed by atoms with Gasteiger partial charge in [0.05, 0.1) is 0 Å². The molecule has 2 N–H and O–H groups in total. The first-order valence-electron chi connectivity index (χ1n) is 9.09. The molecular formula is C21H22ClN3O2. The summed E-state index contributed by atoms with van der Waals surface area (Å²) < 4.78 is 5.63. The zero-order valence-corrected chi connectivity index (χ0v) is 15.7. The van der Waals surface area contributed by atoms with Gasteiger partial charge in [-0.2, -0.15) is 0 Å². The summed E-state index contributed by atoms with van der Waals surface area (Å²) in [7, 11) is 0. The number of nitrogens with one attached hydrogen (secondary N) is 1. The minimum atomic E-state index is -0.545. The van der Waals surface area contributed by atoms with E-state index in [0.29, 0.717) is 17.3 Å². The number of nitrogens with zero attached hydrogens (tertiary/aromatic N) is 2. The number of hydrogen-bond donors (Lipinski definition) is 2. The second-order valence-electron chi connectivity index (χ2n) is 6.76. The van der Waals surface area contributed by atoms with Crippen LogP contribution in [0, 0.1) is 0 Å². The second kappa shape index (κ2) is 8.13. The molecule has 1 unspecified atom stereocenters. The first-order valence-corrected chi connectivity index (χ1v) is 9.47. The number of rotatable bonds is 6. The van der Waals surface area contributed by atoms with Gasteiger partial charge in [0.15, 0.2) is 0 Å². The summed E-state index contributed by atoms with van der Waals surface area (Å²) in [5.74, 6) is 0.676. The Morgan fingerprint density at radius 2 is 2.22 bits per heavy atom. The first-order chi connectivity index (χ1) is 13.2. The number of ether oxygens (including phenoxy) is 1. The summed E-state index contributed by atoms with van der Waals surface area (Å²) in [6, 6.07) is 11.3. The molecule has 0 saturated carbocycles. The van der Waals surface area contributed by atoms with Crippen LogP contribution < -0.4 is 4.74 Å². The molecule has 1 aliphatic heterocycles. The predicted octanol–water partition coefficient (Wildman–Crippen LogP) is 3.75. The van der Waals surface area contributed by atoms with Crippen LogP contribution in [0.3, 0.4) is 0 Å². The Balaban J connectivity index is 1.32. The van der Waals surface area contributed by atoms with Gasteiger partial charge >= 0.3 is 0 Å². The number of hydrogen-bond acceptors (Lipinski definition) is 4. The van der Waals surface area contributed by atoms with Crippen LogP contribution in [-0.4, -0.2) is 52.3 Å². The van der Waals surface area contributed by atoms with Crippen molar-refractivity contribution in [3.63, 3.8) is 0 Å². The molecule has 6 heteroatoms. The number of H-pyrrole nitrogens is 1. The maximum atomic E-state index is 10.3. The monoisotopic (exact) mass is 383 g/mol. The Hall–Kier alpha value is -2.34. The Kier molecular flexibility index (Phi) is 5.43. The van der Waals surface area contributed by atoms with E-state index < -0.39 is 6.10 Å². The average Bonchev–Trinajstić information content (AvgIpc) is 3.11. The highest BCUT2D eigenvalue weighted by Crippen LogP contribution is 2.28. The highest BCUT2D eigenvalue weighted by molar-refractivity contribution is 6.30. The summed E-state index contributed by atoms with van der Waals surface area (Å²) in [6.45, 7) is 2.56.